The maximum atomic E-state index is 12.8. The second-order valence-corrected chi connectivity index (χ2v) is 7.47. The van der Waals surface area contributed by atoms with Crippen LogP contribution in [0.2, 0.25) is 0 Å². The molecule has 3 rings (SSSR count). The van der Waals surface area contributed by atoms with Gasteiger partial charge in [-0.15, -0.1) is 0 Å². The van der Waals surface area contributed by atoms with E-state index in [4.69, 9.17) is 9.15 Å². The van der Waals surface area contributed by atoms with Crippen LogP contribution in [0.5, 0.6) is 5.75 Å². The Morgan fingerprint density at radius 2 is 2.00 bits per heavy atom. The predicted molar refractivity (Wildman–Crippen MR) is 114 cm³/mol. The third-order valence-corrected chi connectivity index (χ3v) is 4.94. The van der Waals surface area contributed by atoms with Gasteiger partial charge < -0.3 is 19.2 Å². The van der Waals surface area contributed by atoms with Crippen molar-refractivity contribution in [3.8, 4) is 5.75 Å². The Hall–Kier alpha value is -3.55. The van der Waals surface area contributed by atoms with Crippen LogP contribution >= 0.6 is 0 Å². The summed E-state index contributed by atoms with van der Waals surface area (Å²) in [5.41, 5.74) is 2.95. The highest BCUT2D eigenvalue weighted by atomic mass is 16.5. The minimum absolute atomic E-state index is 0.00606. The second-order valence-electron chi connectivity index (χ2n) is 7.47. The average Bonchev–Trinajstić information content (AvgIpc) is 3.30. The summed E-state index contributed by atoms with van der Waals surface area (Å²) < 4.78 is 15.7. The van der Waals surface area contributed by atoms with Gasteiger partial charge in [0.1, 0.15) is 17.2 Å². The zero-order valence-electron chi connectivity index (χ0n) is 18.3. The summed E-state index contributed by atoms with van der Waals surface area (Å²) in [7, 11) is 1.24. The molecule has 3 amide bonds. The van der Waals surface area contributed by atoms with Gasteiger partial charge in [0.2, 0.25) is 5.76 Å². The molecule has 0 aliphatic carbocycles. The number of carbonyl (C=O) groups excluding carboxylic acids is 3. The number of nitrogens with one attached hydrogen (secondary N) is 1. The molecule has 0 radical (unpaired) electrons. The number of ether oxygens (including phenoxy) is 2. The molecule has 0 atom stereocenters. The molecule has 1 aliphatic rings. The van der Waals surface area contributed by atoms with E-state index in [2.05, 4.69) is 23.9 Å². The van der Waals surface area contributed by atoms with Crippen LogP contribution < -0.4 is 10.1 Å². The van der Waals surface area contributed by atoms with Gasteiger partial charge in [-0.3, -0.25) is 9.69 Å². The van der Waals surface area contributed by atoms with Crippen LogP contribution in [0.1, 0.15) is 59.7 Å². The van der Waals surface area contributed by atoms with Crippen molar-refractivity contribution in [3.63, 3.8) is 0 Å². The lowest BCUT2D eigenvalue weighted by Crippen LogP contribution is -2.30. The number of hydrogen-bond acceptors (Lipinski definition) is 6. The van der Waals surface area contributed by atoms with Gasteiger partial charge in [0.05, 0.1) is 20.3 Å². The van der Waals surface area contributed by atoms with Crippen LogP contribution in [-0.2, 0) is 16.1 Å². The van der Waals surface area contributed by atoms with Gasteiger partial charge in [-0.2, -0.15) is 0 Å². The smallest absolute Gasteiger partial charge is 0.373 e. The summed E-state index contributed by atoms with van der Waals surface area (Å²) in [5, 5.41) is 2.61. The van der Waals surface area contributed by atoms with Gasteiger partial charge in [0.15, 0.2) is 0 Å². The number of hydrogen-bond donors (Lipinski definition) is 1. The summed E-state index contributed by atoms with van der Waals surface area (Å²) in [6.45, 7) is 8.46. The second kappa shape index (κ2) is 9.07. The van der Waals surface area contributed by atoms with Crippen LogP contribution in [0.3, 0.4) is 0 Å². The normalized spacial score (nSPS) is 15.0. The quantitative estimate of drug-likeness (QED) is 0.408. The summed E-state index contributed by atoms with van der Waals surface area (Å²) in [4.78, 5) is 37.8. The third kappa shape index (κ3) is 4.63. The third-order valence-electron chi connectivity index (χ3n) is 4.94. The first-order valence-corrected chi connectivity index (χ1v) is 10.0. The molecule has 1 aliphatic heterocycles. The lowest BCUT2D eigenvalue weighted by Gasteiger charge is -2.16. The molecule has 0 spiro atoms. The number of imide groups is 1. The van der Waals surface area contributed by atoms with Crippen LogP contribution in [0.25, 0.3) is 6.08 Å². The Morgan fingerprint density at radius 1 is 1.26 bits per heavy atom. The van der Waals surface area contributed by atoms with Gasteiger partial charge in [-0.05, 0) is 66.8 Å². The largest absolute Gasteiger partial charge is 0.494 e. The summed E-state index contributed by atoms with van der Waals surface area (Å²) in [5.74, 6) is 0.250. The predicted octanol–water partition coefficient (Wildman–Crippen LogP) is 3.99. The van der Waals surface area contributed by atoms with Gasteiger partial charge >= 0.3 is 12.0 Å². The zero-order chi connectivity index (χ0) is 22.7. The van der Waals surface area contributed by atoms with E-state index >= 15 is 0 Å². The number of amides is 3. The monoisotopic (exact) mass is 426 g/mol. The Bertz CT molecular complexity index is 1050. The molecule has 1 saturated heterocycles. The molecule has 1 aromatic heterocycles. The van der Waals surface area contributed by atoms with Crippen molar-refractivity contribution in [3.05, 3.63) is 58.2 Å². The van der Waals surface area contributed by atoms with E-state index in [9.17, 15) is 14.4 Å². The molecule has 0 saturated carbocycles. The van der Waals surface area contributed by atoms with Crippen LogP contribution in [-0.4, -0.2) is 36.5 Å². The molecule has 2 aromatic rings. The van der Waals surface area contributed by atoms with Crippen molar-refractivity contribution >= 4 is 24.0 Å². The van der Waals surface area contributed by atoms with Crippen molar-refractivity contribution in [1.29, 1.82) is 0 Å². The Kier molecular flexibility index (Phi) is 6.48. The van der Waals surface area contributed by atoms with E-state index in [1.165, 1.54) is 19.2 Å². The Morgan fingerprint density at radius 3 is 2.65 bits per heavy atom. The first-order chi connectivity index (χ1) is 14.7. The number of urea groups is 1. The van der Waals surface area contributed by atoms with Gasteiger partial charge in [-0.1, -0.05) is 13.8 Å². The lowest BCUT2D eigenvalue weighted by molar-refractivity contribution is -0.123. The van der Waals surface area contributed by atoms with Gasteiger partial charge in [-0.25, -0.2) is 9.59 Å². The molecule has 1 aromatic carbocycles. The fraction of sp³-hybridized carbons (Fsp3) is 0.348. The molecule has 1 fully saturated rings. The fourth-order valence-electron chi connectivity index (χ4n) is 3.30. The SMILES string of the molecule is CCOc1cc(C)c(/C=C2\NC(=O)N(Cc3ccc(C(=O)OC)o3)C2=O)cc1C(C)C. The summed E-state index contributed by atoms with van der Waals surface area (Å²) in [6, 6.07) is 6.34. The first kappa shape index (κ1) is 22.1. The molecule has 0 bridgehead atoms. The number of esters is 1. The number of rotatable bonds is 7. The molecule has 0 unspecified atom stereocenters. The minimum atomic E-state index is -0.629. The van der Waals surface area contributed by atoms with E-state index in [1.54, 1.807) is 6.08 Å². The first-order valence-electron chi connectivity index (χ1n) is 10.0. The number of methoxy groups -OCH3 is 1. The van der Waals surface area contributed by atoms with Crippen molar-refractivity contribution in [2.24, 2.45) is 0 Å². The summed E-state index contributed by atoms with van der Waals surface area (Å²) in [6.07, 6.45) is 1.67. The van der Waals surface area contributed by atoms with Crippen molar-refractivity contribution in [1.82, 2.24) is 10.2 Å². The number of aryl methyl sites for hydroxylation is 1. The van der Waals surface area contributed by atoms with E-state index in [-0.39, 0.29) is 23.9 Å². The molecule has 8 heteroatoms. The lowest BCUT2D eigenvalue weighted by atomic mass is 9.96. The van der Waals surface area contributed by atoms with Crippen molar-refractivity contribution in [2.75, 3.05) is 13.7 Å². The van der Waals surface area contributed by atoms with Crippen molar-refractivity contribution < 1.29 is 28.3 Å². The summed E-state index contributed by atoms with van der Waals surface area (Å²) >= 11 is 0. The van der Waals surface area contributed by atoms with Crippen molar-refractivity contribution in [2.45, 2.75) is 40.2 Å². The minimum Gasteiger partial charge on any atom is -0.494 e. The molecule has 8 nitrogen and oxygen atoms in total. The van der Waals surface area contributed by atoms with E-state index < -0.39 is 17.9 Å². The standard InChI is InChI=1S/C23H26N2O6/c1-6-30-20-9-14(4)15(10-17(20)13(2)3)11-18-21(26)25(23(28)24-18)12-16-7-8-19(31-16)22(27)29-5/h7-11,13H,6,12H2,1-5H3,(H,24,28)/b18-11-. The molecule has 2 heterocycles. The molecule has 31 heavy (non-hydrogen) atoms. The van der Waals surface area contributed by atoms with Crippen LogP contribution in [0.4, 0.5) is 4.79 Å². The van der Waals surface area contributed by atoms with Crippen LogP contribution in [0, 0.1) is 6.92 Å². The molecule has 1 N–H and O–H groups in total. The Labute approximate surface area is 180 Å². The number of benzene rings is 1. The van der Waals surface area contributed by atoms with Crippen LogP contribution in [0.15, 0.2) is 34.4 Å². The fourth-order valence-corrected chi connectivity index (χ4v) is 3.30. The van der Waals surface area contributed by atoms with E-state index in [1.807, 2.05) is 26.0 Å². The van der Waals surface area contributed by atoms with E-state index in [0.717, 1.165) is 27.3 Å². The van der Waals surface area contributed by atoms with Gasteiger partial charge in [0.25, 0.3) is 5.91 Å². The highest BCUT2D eigenvalue weighted by Crippen LogP contribution is 2.31. The maximum Gasteiger partial charge on any atom is 0.373 e. The number of nitrogens with zero attached hydrogens (tertiary/aromatic N) is 1. The maximum absolute atomic E-state index is 12.8. The Balaban J connectivity index is 1.85. The number of furan rings is 1. The molecule has 164 valence electrons. The average molecular weight is 426 g/mol. The van der Waals surface area contributed by atoms with Gasteiger partial charge in [0, 0.05) is 0 Å². The van der Waals surface area contributed by atoms with E-state index in [0.29, 0.717) is 12.4 Å². The highest BCUT2D eigenvalue weighted by Gasteiger charge is 2.34. The number of carbonyl (C=O) groups is 3. The topological polar surface area (TPSA) is 98.1 Å². The highest BCUT2D eigenvalue weighted by molar-refractivity contribution is 6.14. The zero-order valence-corrected chi connectivity index (χ0v) is 18.3. The molecular formula is C23H26N2O6. The molecular weight excluding hydrogens is 400 g/mol.